The molecule has 0 bridgehead atoms. The molecule has 0 fully saturated rings. The van der Waals surface area contributed by atoms with Crippen molar-refractivity contribution in [3.05, 3.63) is 0 Å². The number of carboxylic acid groups (broad SMARTS) is 1. The molecule has 5 nitrogen and oxygen atoms in total. The fourth-order valence-corrected chi connectivity index (χ4v) is 1.53. The average molecular weight is 261 g/mol. The van der Waals surface area contributed by atoms with Gasteiger partial charge in [0.25, 0.3) is 0 Å². The number of aliphatic carboxylic acids is 1. The molecule has 0 aliphatic carbocycles. The van der Waals surface area contributed by atoms with Gasteiger partial charge < -0.3 is 19.9 Å². The fourth-order valence-electron chi connectivity index (χ4n) is 1.53. The summed E-state index contributed by atoms with van der Waals surface area (Å²) in [7, 11) is 1.66. The summed E-state index contributed by atoms with van der Waals surface area (Å²) in [6.45, 7) is 6.04. The molecule has 0 spiro atoms. The Morgan fingerprint density at radius 2 is 2.00 bits per heavy atom. The predicted octanol–water partition coefficient (Wildman–Crippen LogP) is 1.52. The molecule has 0 aliphatic rings. The van der Waals surface area contributed by atoms with Crippen LogP contribution in [0.25, 0.3) is 0 Å². The number of carboxylic acids is 1. The van der Waals surface area contributed by atoms with Crippen molar-refractivity contribution in [2.75, 3.05) is 40.0 Å². The summed E-state index contributed by atoms with van der Waals surface area (Å²) < 4.78 is 10.2. The van der Waals surface area contributed by atoms with Crippen LogP contribution in [0.4, 0.5) is 0 Å². The van der Waals surface area contributed by atoms with Gasteiger partial charge in [-0.1, -0.05) is 6.92 Å². The van der Waals surface area contributed by atoms with Crippen molar-refractivity contribution in [1.82, 2.24) is 5.32 Å². The zero-order valence-corrected chi connectivity index (χ0v) is 11.6. The highest BCUT2D eigenvalue weighted by Crippen LogP contribution is 2.08. The van der Waals surface area contributed by atoms with Crippen LogP contribution in [-0.2, 0) is 14.3 Å². The van der Waals surface area contributed by atoms with Crippen LogP contribution in [0.5, 0.6) is 0 Å². The summed E-state index contributed by atoms with van der Waals surface area (Å²) >= 11 is 0. The summed E-state index contributed by atoms with van der Waals surface area (Å²) in [5, 5.41) is 11.9. The van der Waals surface area contributed by atoms with Crippen LogP contribution in [0.15, 0.2) is 0 Å². The zero-order valence-electron chi connectivity index (χ0n) is 11.6. The molecule has 1 atom stereocenters. The van der Waals surface area contributed by atoms with Gasteiger partial charge in [0.05, 0.1) is 13.2 Å². The van der Waals surface area contributed by atoms with Gasteiger partial charge in [0.15, 0.2) is 0 Å². The molecule has 5 heteroatoms. The second-order valence-corrected chi connectivity index (χ2v) is 4.53. The molecule has 2 N–H and O–H groups in total. The molecule has 0 aromatic rings. The molecule has 0 heterocycles. The quantitative estimate of drug-likeness (QED) is 0.492. The second kappa shape index (κ2) is 12.8. The Hall–Kier alpha value is -0.650. The van der Waals surface area contributed by atoms with Crippen LogP contribution in [-0.4, -0.2) is 51.1 Å². The van der Waals surface area contributed by atoms with Gasteiger partial charge in [-0.05, 0) is 38.3 Å². The van der Waals surface area contributed by atoms with E-state index in [9.17, 15) is 4.79 Å². The first-order chi connectivity index (χ1) is 8.66. The van der Waals surface area contributed by atoms with Crippen LogP contribution >= 0.6 is 0 Å². The maximum Gasteiger partial charge on any atom is 0.303 e. The Bertz CT molecular complexity index is 199. The predicted molar refractivity (Wildman–Crippen MR) is 70.8 cm³/mol. The van der Waals surface area contributed by atoms with Crippen molar-refractivity contribution < 1.29 is 19.4 Å². The van der Waals surface area contributed by atoms with E-state index < -0.39 is 5.97 Å². The van der Waals surface area contributed by atoms with Crippen molar-refractivity contribution in [1.29, 1.82) is 0 Å². The first-order valence-corrected chi connectivity index (χ1v) is 6.66. The Balaban J connectivity index is 3.12. The number of nitrogens with one attached hydrogen (secondary N) is 1. The Kier molecular flexibility index (Phi) is 12.3. The van der Waals surface area contributed by atoms with Gasteiger partial charge >= 0.3 is 5.97 Å². The summed E-state index contributed by atoms with van der Waals surface area (Å²) in [5.74, 6) is -0.241. The molecule has 108 valence electrons. The lowest BCUT2D eigenvalue weighted by atomic mass is 10.0. The lowest BCUT2D eigenvalue weighted by Gasteiger charge is -2.10. The molecule has 0 aromatic carbocycles. The van der Waals surface area contributed by atoms with Crippen molar-refractivity contribution in [2.45, 2.75) is 32.6 Å². The molecule has 0 saturated heterocycles. The van der Waals surface area contributed by atoms with E-state index >= 15 is 0 Å². The monoisotopic (exact) mass is 261 g/mol. The van der Waals surface area contributed by atoms with E-state index in [1.807, 2.05) is 0 Å². The molecule has 18 heavy (non-hydrogen) atoms. The van der Waals surface area contributed by atoms with E-state index in [2.05, 4.69) is 12.2 Å². The Labute approximate surface area is 110 Å². The molecule has 0 amide bonds. The van der Waals surface area contributed by atoms with Crippen molar-refractivity contribution in [3.8, 4) is 0 Å². The van der Waals surface area contributed by atoms with Gasteiger partial charge in [-0.15, -0.1) is 0 Å². The largest absolute Gasteiger partial charge is 0.481 e. The zero-order chi connectivity index (χ0) is 13.6. The average Bonchev–Trinajstić information content (AvgIpc) is 2.34. The van der Waals surface area contributed by atoms with Gasteiger partial charge in [0.2, 0.25) is 0 Å². The minimum absolute atomic E-state index is 0.272. The molecule has 0 rings (SSSR count). The molecule has 1 unspecified atom stereocenters. The van der Waals surface area contributed by atoms with E-state index in [1.165, 1.54) is 0 Å². The smallest absolute Gasteiger partial charge is 0.303 e. The summed E-state index contributed by atoms with van der Waals surface area (Å²) in [5.41, 5.74) is 0. The number of hydrogen-bond donors (Lipinski definition) is 2. The van der Waals surface area contributed by atoms with E-state index in [0.717, 1.165) is 39.0 Å². The fraction of sp³-hybridized carbons (Fsp3) is 0.923. The molecule has 0 saturated carbocycles. The van der Waals surface area contributed by atoms with Crippen LogP contribution in [0.2, 0.25) is 0 Å². The molecule has 0 aliphatic heterocycles. The second-order valence-electron chi connectivity index (χ2n) is 4.53. The van der Waals surface area contributed by atoms with Gasteiger partial charge in [-0.2, -0.15) is 0 Å². The number of ether oxygens (including phenoxy) is 2. The van der Waals surface area contributed by atoms with Gasteiger partial charge in [0, 0.05) is 20.1 Å². The van der Waals surface area contributed by atoms with Crippen LogP contribution in [0.1, 0.15) is 32.6 Å². The highest BCUT2D eigenvalue weighted by atomic mass is 16.5. The summed E-state index contributed by atoms with van der Waals surface area (Å²) in [4.78, 5) is 10.4. The summed E-state index contributed by atoms with van der Waals surface area (Å²) in [6, 6.07) is 0. The molecular formula is C13H27NO4. The Morgan fingerprint density at radius 3 is 2.67 bits per heavy atom. The Morgan fingerprint density at radius 1 is 1.22 bits per heavy atom. The topological polar surface area (TPSA) is 67.8 Å². The number of carbonyl (C=O) groups is 1. The minimum atomic E-state index is -0.706. The van der Waals surface area contributed by atoms with E-state index in [-0.39, 0.29) is 6.42 Å². The van der Waals surface area contributed by atoms with Crippen LogP contribution < -0.4 is 5.32 Å². The van der Waals surface area contributed by atoms with Crippen LogP contribution in [0.3, 0.4) is 0 Å². The first kappa shape index (κ1) is 17.4. The third-order valence-electron chi connectivity index (χ3n) is 2.74. The summed E-state index contributed by atoms with van der Waals surface area (Å²) in [6.07, 6.45) is 3.05. The lowest BCUT2D eigenvalue weighted by molar-refractivity contribution is -0.137. The molecule has 0 radical (unpaired) electrons. The van der Waals surface area contributed by atoms with Gasteiger partial charge in [-0.25, -0.2) is 0 Å². The highest BCUT2D eigenvalue weighted by Gasteiger charge is 2.04. The third-order valence-corrected chi connectivity index (χ3v) is 2.74. The third kappa shape index (κ3) is 13.4. The van der Waals surface area contributed by atoms with Gasteiger partial charge in [-0.3, -0.25) is 4.79 Å². The first-order valence-electron chi connectivity index (χ1n) is 6.66. The van der Waals surface area contributed by atoms with E-state index in [4.69, 9.17) is 14.6 Å². The SMILES string of the molecule is COCCOCCCNCCC(C)CCC(=O)O. The van der Waals surface area contributed by atoms with Crippen molar-refractivity contribution >= 4 is 5.97 Å². The number of rotatable bonds is 13. The highest BCUT2D eigenvalue weighted by molar-refractivity contribution is 5.66. The van der Waals surface area contributed by atoms with E-state index in [1.54, 1.807) is 7.11 Å². The molecular weight excluding hydrogens is 234 g/mol. The normalized spacial score (nSPS) is 12.6. The van der Waals surface area contributed by atoms with Crippen molar-refractivity contribution in [2.24, 2.45) is 5.92 Å². The van der Waals surface area contributed by atoms with E-state index in [0.29, 0.717) is 19.1 Å². The number of hydrogen-bond acceptors (Lipinski definition) is 4. The van der Waals surface area contributed by atoms with Gasteiger partial charge in [0.1, 0.15) is 0 Å². The number of methoxy groups -OCH3 is 1. The maximum atomic E-state index is 10.4. The minimum Gasteiger partial charge on any atom is -0.481 e. The lowest BCUT2D eigenvalue weighted by Crippen LogP contribution is -2.20. The van der Waals surface area contributed by atoms with Crippen molar-refractivity contribution in [3.63, 3.8) is 0 Å². The van der Waals surface area contributed by atoms with Crippen LogP contribution in [0, 0.1) is 5.92 Å². The standard InChI is InChI=1S/C13H27NO4/c1-12(4-5-13(15)16)6-8-14-7-3-9-18-11-10-17-2/h12,14H,3-11H2,1-2H3,(H,15,16). The molecule has 0 aromatic heterocycles. The maximum absolute atomic E-state index is 10.4.